The molecule has 0 aliphatic carbocycles. The van der Waals surface area contributed by atoms with Crippen molar-refractivity contribution in [2.45, 2.75) is 0 Å². The highest BCUT2D eigenvalue weighted by atomic mass is 35.5. The summed E-state index contributed by atoms with van der Waals surface area (Å²) in [6.45, 7) is 1.25. The highest BCUT2D eigenvalue weighted by molar-refractivity contribution is 6.35. The fourth-order valence-electron chi connectivity index (χ4n) is 2.17. The van der Waals surface area contributed by atoms with Gasteiger partial charge in [-0.1, -0.05) is 29.3 Å². The monoisotopic (exact) mass is 322 g/mol. The van der Waals surface area contributed by atoms with Crippen LogP contribution in [0.15, 0.2) is 36.4 Å². The number of hydrogen-bond donors (Lipinski definition) is 2. The van der Waals surface area contributed by atoms with Gasteiger partial charge in [-0.15, -0.1) is 0 Å². The first-order valence-electron chi connectivity index (χ1n) is 6.40. The van der Waals surface area contributed by atoms with Crippen molar-refractivity contribution in [2.24, 2.45) is 0 Å². The molecule has 0 fully saturated rings. The van der Waals surface area contributed by atoms with E-state index < -0.39 is 0 Å². The van der Waals surface area contributed by atoms with Gasteiger partial charge >= 0.3 is 0 Å². The molecule has 2 N–H and O–H groups in total. The molecule has 0 radical (unpaired) electrons. The molecular formula is C15H12Cl2N2O2. The van der Waals surface area contributed by atoms with E-state index in [9.17, 15) is 4.79 Å². The van der Waals surface area contributed by atoms with Crippen LogP contribution >= 0.6 is 23.2 Å². The molecule has 1 aliphatic rings. The lowest BCUT2D eigenvalue weighted by Gasteiger charge is -2.21. The predicted molar refractivity (Wildman–Crippen MR) is 84.8 cm³/mol. The number of amides is 1. The van der Waals surface area contributed by atoms with Gasteiger partial charge in [0.25, 0.3) is 5.91 Å². The fourth-order valence-corrected chi connectivity index (χ4v) is 2.70. The molecule has 2 aromatic rings. The topological polar surface area (TPSA) is 50.4 Å². The van der Waals surface area contributed by atoms with E-state index in [1.807, 2.05) is 6.07 Å². The summed E-state index contributed by atoms with van der Waals surface area (Å²) < 4.78 is 5.59. The van der Waals surface area contributed by atoms with Crippen LogP contribution in [0.1, 0.15) is 10.4 Å². The Hall–Kier alpha value is -1.91. The molecule has 1 amide bonds. The molecule has 2 aromatic carbocycles. The maximum Gasteiger partial charge on any atom is 0.259 e. The average molecular weight is 323 g/mol. The van der Waals surface area contributed by atoms with Crippen molar-refractivity contribution in [1.82, 2.24) is 0 Å². The molecule has 0 saturated carbocycles. The van der Waals surface area contributed by atoms with Crippen molar-refractivity contribution >= 4 is 40.5 Å². The van der Waals surface area contributed by atoms with Crippen molar-refractivity contribution in [3.8, 4) is 5.75 Å². The largest absolute Gasteiger partial charge is 0.489 e. The number of hydrogen-bond acceptors (Lipinski definition) is 3. The average Bonchev–Trinajstić information content (AvgIpc) is 2.45. The van der Waals surface area contributed by atoms with Gasteiger partial charge < -0.3 is 15.4 Å². The highest BCUT2D eigenvalue weighted by Gasteiger charge is 2.19. The Labute approximate surface area is 132 Å². The second-order valence-corrected chi connectivity index (χ2v) is 5.44. The molecule has 0 unspecified atom stereocenters. The Balaban J connectivity index is 1.89. The number of para-hydroxylation sites is 1. The molecule has 0 saturated heterocycles. The minimum atomic E-state index is -0.270. The Morgan fingerprint density at radius 1 is 1.19 bits per heavy atom. The number of halogens is 2. The maximum absolute atomic E-state index is 12.4. The Bertz CT molecular complexity index is 684. The first kappa shape index (κ1) is 14.0. The highest BCUT2D eigenvalue weighted by Crippen LogP contribution is 2.32. The van der Waals surface area contributed by atoms with Crippen LogP contribution in [0.5, 0.6) is 5.75 Å². The zero-order valence-corrected chi connectivity index (χ0v) is 12.5. The van der Waals surface area contributed by atoms with Gasteiger partial charge in [-0.25, -0.2) is 0 Å². The quantitative estimate of drug-likeness (QED) is 0.876. The van der Waals surface area contributed by atoms with E-state index in [0.29, 0.717) is 33.7 Å². The zero-order chi connectivity index (χ0) is 14.8. The number of nitrogens with one attached hydrogen (secondary N) is 2. The molecule has 108 valence electrons. The van der Waals surface area contributed by atoms with E-state index >= 15 is 0 Å². The summed E-state index contributed by atoms with van der Waals surface area (Å²) in [6, 6.07) is 10.3. The van der Waals surface area contributed by atoms with E-state index in [-0.39, 0.29) is 5.91 Å². The van der Waals surface area contributed by atoms with Crippen LogP contribution in [0.25, 0.3) is 0 Å². The molecule has 3 rings (SSSR count). The van der Waals surface area contributed by atoms with Crippen LogP contribution in [0.4, 0.5) is 11.4 Å². The number of benzene rings is 2. The van der Waals surface area contributed by atoms with Crippen LogP contribution in [-0.2, 0) is 0 Å². The van der Waals surface area contributed by atoms with Crippen molar-refractivity contribution in [1.29, 1.82) is 0 Å². The van der Waals surface area contributed by atoms with Crippen LogP contribution in [-0.4, -0.2) is 19.1 Å². The van der Waals surface area contributed by atoms with Crippen LogP contribution in [0, 0.1) is 0 Å². The van der Waals surface area contributed by atoms with Crippen molar-refractivity contribution in [3.63, 3.8) is 0 Å². The van der Waals surface area contributed by atoms with Gasteiger partial charge in [0.15, 0.2) is 5.75 Å². The molecule has 0 aromatic heterocycles. The molecule has 1 heterocycles. The summed E-state index contributed by atoms with van der Waals surface area (Å²) in [7, 11) is 0. The SMILES string of the molecule is O=C(Nc1cc(Cl)cc(Cl)c1)c1cccc2c1OCCN2. The van der Waals surface area contributed by atoms with Crippen molar-refractivity contribution in [2.75, 3.05) is 23.8 Å². The maximum atomic E-state index is 12.4. The summed E-state index contributed by atoms with van der Waals surface area (Å²) in [5.41, 5.74) is 1.83. The first-order chi connectivity index (χ1) is 10.1. The third-order valence-electron chi connectivity index (χ3n) is 3.04. The third kappa shape index (κ3) is 3.06. The number of ether oxygens (including phenoxy) is 1. The van der Waals surface area contributed by atoms with E-state index in [0.717, 1.165) is 12.2 Å². The molecule has 21 heavy (non-hydrogen) atoms. The van der Waals surface area contributed by atoms with Crippen molar-refractivity contribution < 1.29 is 9.53 Å². The van der Waals surface area contributed by atoms with E-state index in [4.69, 9.17) is 27.9 Å². The summed E-state index contributed by atoms with van der Waals surface area (Å²) in [4.78, 5) is 12.4. The van der Waals surface area contributed by atoms with Gasteiger partial charge in [-0.2, -0.15) is 0 Å². The second kappa shape index (κ2) is 5.84. The normalized spacial score (nSPS) is 12.9. The molecule has 1 aliphatic heterocycles. The number of rotatable bonds is 2. The number of anilines is 2. The van der Waals surface area contributed by atoms with Gasteiger partial charge in [0, 0.05) is 22.3 Å². The first-order valence-corrected chi connectivity index (χ1v) is 7.16. The molecule has 6 heteroatoms. The smallest absolute Gasteiger partial charge is 0.259 e. The lowest BCUT2D eigenvalue weighted by molar-refractivity contribution is 0.102. The Morgan fingerprint density at radius 3 is 2.71 bits per heavy atom. The van der Waals surface area contributed by atoms with Gasteiger partial charge in [0.2, 0.25) is 0 Å². The summed E-state index contributed by atoms with van der Waals surface area (Å²) >= 11 is 11.8. The Kier molecular flexibility index (Phi) is 3.90. The predicted octanol–water partition coefficient (Wildman–Crippen LogP) is 4.05. The molecule has 0 spiro atoms. The third-order valence-corrected chi connectivity index (χ3v) is 3.48. The van der Waals surface area contributed by atoms with E-state index in [1.54, 1.807) is 30.3 Å². The number of fused-ring (bicyclic) bond motifs is 1. The minimum Gasteiger partial charge on any atom is -0.489 e. The van der Waals surface area contributed by atoms with Gasteiger partial charge in [0.05, 0.1) is 11.3 Å². The minimum absolute atomic E-state index is 0.270. The summed E-state index contributed by atoms with van der Waals surface area (Å²) in [5, 5.41) is 6.89. The molecule has 4 nitrogen and oxygen atoms in total. The Morgan fingerprint density at radius 2 is 1.95 bits per heavy atom. The molecule has 0 bridgehead atoms. The molecule has 0 atom stereocenters. The summed E-state index contributed by atoms with van der Waals surface area (Å²) in [6.07, 6.45) is 0. The number of carbonyl (C=O) groups excluding carboxylic acids is 1. The van der Waals surface area contributed by atoms with Crippen LogP contribution in [0.3, 0.4) is 0 Å². The van der Waals surface area contributed by atoms with Crippen LogP contribution < -0.4 is 15.4 Å². The fraction of sp³-hybridized carbons (Fsp3) is 0.133. The number of carbonyl (C=O) groups is 1. The van der Waals surface area contributed by atoms with E-state index in [1.165, 1.54) is 0 Å². The second-order valence-electron chi connectivity index (χ2n) is 4.57. The lowest BCUT2D eigenvalue weighted by Crippen LogP contribution is -2.21. The summed E-state index contributed by atoms with van der Waals surface area (Å²) in [5.74, 6) is 0.295. The van der Waals surface area contributed by atoms with Gasteiger partial charge in [0.1, 0.15) is 6.61 Å². The van der Waals surface area contributed by atoms with E-state index in [2.05, 4.69) is 10.6 Å². The van der Waals surface area contributed by atoms with Crippen LogP contribution in [0.2, 0.25) is 10.0 Å². The molecular weight excluding hydrogens is 311 g/mol. The van der Waals surface area contributed by atoms with Gasteiger partial charge in [-0.3, -0.25) is 4.79 Å². The van der Waals surface area contributed by atoms with Gasteiger partial charge in [-0.05, 0) is 30.3 Å². The zero-order valence-electron chi connectivity index (χ0n) is 11.0. The lowest BCUT2D eigenvalue weighted by atomic mass is 10.1. The standard InChI is InChI=1S/C15H12Cl2N2O2/c16-9-6-10(17)8-11(7-9)19-15(20)12-2-1-3-13-14(12)21-5-4-18-13/h1-3,6-8,18H,4-5H2,(H,19,20). The van der Waals surface area contributed by atoms with Crippen molar-refractivity contribution in [3.05, 3.63) is 52.0 Å².